The molecule has 1 aromatic carbocycles. The summed E-state index contributed by atoms with van der Waals surface area (Å²) < 4.78 is 6.48. The Bertz CT molecular complexity index is 665. The van der Waals surface area contributed by atoms with Gasteiger partial charge in [0.2, 0.25) is 0 Å². The van der Waals surface area contributed by atoms with E-state index in [4.69, 9.17) is 27.9 Å². The van der Waals surface area contributed by atoms with Gasteiger partial charge in [-0.1, -0.05) is 29.3 Å². The Morgan fingerprint density at radius 2 is 2.05 bits per heavy atom. The maximum atomic E-state index is 11.9. The van der Waals surface area contributed by atoms with Crippen molar-refractivity contribution >= 4 is 29.2 Å². The lowest BCUT2D eigenvalue weighted by molar-refractivity contribution is 0.0598. The lowest BCUT2D eigenvalue weighted by Crippen LogP contribution is -2.06. The fourth-order valence-corrected chi connectivity index (χ4v) is 2.33. The van der Waals surface area contributed by atoms with Crippen LogP contribution in [0.25, 0.3) is 0 Å². The zero-order chi connectivity index (χ0) is 14.9. The summed E-state index contributed by atoms with van der Waals surface area (Å²) in [6.07, 6.45) is 0.489. The second-order valence-corrected chi connectivity index (χ2v) is 5.26. The Labute approximate surface area is 127 Å². The largest absolute Gasteiger partial charge is 0.465 e. The number of carbonyl (C=O) groups is 1. The molecule has 0 N–H and O–H groups in total. The third-order valence-electron chi connectivity index (χ3n) is 3.15. The summed E-state index contributed by atoms with van der Waals surface area (Å²) in [4.78, 5) is 11.9. The highest BCUT2D eigenvalue weighted by Crippen LogP contribution is 2.25. The van der Waals surface area contributed by atoms with Crippen LogP contribution in [-0.4, -0.2) is 22.9 Å². The normalized spacial score (nSPS) is 10.7. The van der Waals surface area contributed by atoms with Crippen molar-refractivity contribution < 1.29 is 9.53 Å². The first-order valence-corrected chi connectivity index (χ1v) is 6.74. The van der Waals surface area contributed by atoms with Gasteiger partial charge in [0.05, 0.1) is 22.8 Å². The molecule has 0 saturated heterocycles. The fourth-order valence-electron chi connectivity index (χ4n) is 2.01. The average molecular weight is 313 g/mol. The molecular weight excluding hydrogens is 299 g/mol. The lowest BCUT2D eigenvalue weighted by Gasteiger charge is -2.04. The molecule has 0 atom stereocenters. The van der Waals surface area contributed by atoms with E-state index < -0.39 is 0 Å². The summed E-state index contributed by atoms with van der Waals surface area (Å²) in [5.74, 6) is -0.384. The topological polar surface area (TPSA) is 44.1 Å². The van der Waals surface area contributed by atoms with E-state index in [-0.39, 0.29) is 5.97 Å². The van der Waals surface area contributed by atoms with Crippen molar-refractivity contribution in [1.29, 1.82) is 0 Å². The Balaban J connectivity index is 2.40. The van der Waals surface area contributed by atoms with Gasteiger partial charge < -0.3 is 4.74 Å². The van der Waals surface area contributed by atoms with E-state index in [1.165, 1.54) is 7.11 Å². The molecule has 4 nitrogen and oxygen atoms in total. The van der Waals surface area contributed by atoms with E-state index in [9.17, 15) is 4.79 Å². The first kappa shape index (κ1) is 14.9. The predicted octanol–water partition coefficient (Wildman–Crippen LogP) is 3.41. The van der Waals surface area contributed by atoms with Crippen LogP contribution in [0, 0.1) is 6.92 Å². The molecule has 1 heterocycles. The quantitative estimate of drug-likeness (QED) is 0.816. The zero-order valence-corrected chi connectivity index (χ0v) is 12.9. The zero-order valence-electron chi connectivity index (χ0n) is 11.4. The maximum Gasteiger partial charge on any atom is 0.341 e. The summed E-state index contributed by atoms with van der Waals surface area (Å²) >= 11 is 11.9. The van der Waals surface area contributed by atoms with Crippen molar-refractivity contribution in [3.05, 3.63) is 50.8 Å². The molecule has 6 heteroatoms. The van der Waals surface area contributed by atoms with E-state index >= 15 is 0 Å². The van der Waals surface area contributed by atoms with Crippen LogP contribution >= 0.6 is 23.2 Å². The van der Waals surface area contributed by atoms with Gasteiger partial charge in [-0.25, -0.2) is 4.79 Å². The number of rotatable bonds is 3. The minimum Gasteiger partial charge on any atom is -0.465 e. The first-order chi connectivity index (χ1) is 9.43. The molecule has 0 unspecified atom stereocenters. The molecule has 0 aliphatic rings. The van der Waals surface area contributed by atoms with Gasteiger partial charge >= 0.3 is 5.97 Å². The first-order valence-electron chi connectivity index (χ1n) is 5.98. The van der Waals surface area contributed by atoms with Gasteiger partial charge in [-0.3, -0.25) is 4.68 Å². The molecule has 0 aliphatic carbocycles. The van der Waals surface area contributed by atoms with Crippen LogP contribution in [0.3, 0.4) is 0 Å². The third kappa shape index (κ3) is 2.81. The van der Waals surface area contributed by atoms with Crippen molar-refractivity contribution in [2.24, 2.45) is 7.05 Å². The number of ether oxygens (including phenoxy) is 1. The van der Waals surface area contributed by atoms with Crippen molar-refractivity contribution in [2.45, 2.75) is 13.3 Å². The van der Waals surface area contributed by atoms with Crippen molar-refractivity contribution in [2.75, 3.05) is 7.11 Å². The molecule has 0 amide bonds. The second kappa shape index (κ2) is 5.85. The van der Waals surface area contributed by atoms with Crippen molar-refractivity contribution in [1.82, 2.24) is 9.78 Å². The number of nitrogens with zero attached hydrogens (tertiary/aromatic N) is 2. The summed E-state index contributed by atoms with van der Waals surface area (Å²) in [6.45, 7) is 1.83. The Morgan fingerprint density at radius 1 is 1.35 bits per heavy atom. The molecule has 0 spiro atoms. The summed E-state index contributed by atoms with van der Waals surface area (Å²) in [7, 11) is 3.15. The molecule has 106 valence electrons. The highest BCUT2D eigenvalue weighted by molar-refractivity contribution is 6.42. The molecule has 0 fully saturated rings. The van der Waals surface area contributed by atoms with E-state index in [0.717, 1.165) is 11.3 Å². The number of halogens is 2. The monoisotopic (exact) mass is 312 g/mol. The van der Waals surface area contributed by atoms with Crippen LogP contribution in [-0.2, 0) is 18.2 Å². The molecule has 0 bridgehead atoms. The van der Waals surface area contributed by atoms with Crippen LogP contribution in [0.1, 0.15) is 27.3 Å². The smallest absolute Gasteiger partial charge is 0.341 e. The number of methoxy groups -OCH3 is 1. The minimum absolute atomic E-state index is 0.384. The van der Waals surface area contributed by atoms with Gasteiger partial charge in [0, 0.05) is 19.2 Å². The molecule has 0 aliphatic heterocycles. The van der Waals surface area contributed by atoms with E-state index in [1.807, 2.05) is 13.0 Å². The number of esters is 1. The van der Waals surface area contributed by atoms with Gasteiger partial charge in [0.25, 0.3) is 0 Å². The van der Waals surface area contributed by atoms with Crippen molar-refractivity contribution in [3.8, 4) is 0 Å². The SMILES string of the molecule is COC(=O)c1c(Cc2ccc(Cl)c(Cl)c2)nn(C)c1C. The summed E-state index contributed by atoms with van der Waals surface area (Å²) in [6, 6.07) is 5.36. The lowest BCUT2D eigenvalue weighted by atomic mass is 10.1. The van der Waals surface area contributed by atoms with Crippen LogP contribution in [0.4, 0.5) is 0 Å². The predicted molar refractivity (Wildman–Crippen MR) is 78.6 cm³/mol. The van der Waals surface area contributed by atoms with E-state index in [0.29, 0.717) is 27.7 Å². The minimum atomic E-state index is -0.384. The Kier molecular flexibility index (Phi) is 4.35. The van der Waals surface area contributed by atoms with Gasteiger partial charge in [0.1, 0.15) is 5.56 Å². The van der Waals surface area contributed by atoms with Crippen LogP contribution < -0.4 is 0 Å². The standard InChI is InChI=1S/C14H14Cl2N2O2/c1-8-13(14(19)20-3)12(17-18(8)2)7-9-4-5-10(15)11(16)6-9/h4-6H,7H2,1-3H3. The van der Waals surface area contributed by atoms with Crippen LogP contribution in [0.15, 0.2) is 18.2 Å². The van der Waals surface area contributed by atoms with E-state index in [1.54, 1.807) is 23.9 Å². The molecule has 2 rings (SSSR count). The summed E-state index contributed by atoms with van der Waals surface area (Å²) in [5.41, 5.74) is 2.87. The highest BCUT2D eigenvalue weighted by atomic mass is 35.5. The number of benzene rings is 1. The highest BCUT2D eigenvalue weighted by Gasteiger charge is 2.20. The van der Waals surface area contributed by atoms with Crippen LogP contribution in [0.5, 0.6) is 0 Å². The van der Waals surface area contributed by atoms with Gasteiger partial charge in [-0.2, -0.15) is 5.10 Å². The van der Waals surface area contributed by atoms with Gasteiger partial charge in [-0.15, -0.1) is 0 Å². The van der Waals surface area contributed by atoms with E-state index in [2.05, 4.69) is 5.10 Å². The molecule has 20 heavy (non-hydrogen) atoms. The maximum absolute atomic E-state index is 11.9. The number of carbonyl (C=O) groups excluding carboxylic acids is 1. The Hall–Kier alpha value is -1.52. The number of hydrogen-bond donors (Lipinski definition) is 0. The molecule has 2 aromatic rings. The summed E-state index contributed by atoms with van der Waals surface area (Å²) in [5, 5.41) is 5.35. The van der Waals surface area contributed by atoms with Crippen molar-refractivity contribution in [3.63, 3.8) is 0 Å². The molecule has 0 saturated carbocycles. The number of aryl methyl sites for hydroxylation is 1. The molecule has 1 aromatic heterocycles. The third-order valence-corrected chi connectivity index (χ3v) is 3.89. The molecular formula is C14H14Cl2N2O2. The molecule has 0 radical (unpaired) electrons. The second-order valence-electron chi connectivity index (χ2n) is 4.45. The Morgan fingerprint density at radius 3 is 2.65 bits per heavy atom. The average Bonchev–Trinajstić information content (AvgIpc) is 2.68. The van der Waals surface area contributed by atoms with Crippen LogP contribution in [0.2, 0.25) is 10.0 Å². The number of hydrogen-bond acceptors (Lipinski definition) is 3. The number of aromatic nitrogens is 2. The van der Waals surface area contributed by atoms with Gasteiger partial charge in [0.15, 0.2) is 0 Å². The van der Waals surface area contributed by atoms with Gasteiger partial charge in [-0.05, 0) is 24.6 Å². The fraction of sp³-hybridized carbons (Fsp3) is 0.286.